The molecule has 0 saturated heterocycles. The number of hydrogen-bond donors (Lipinski definition) is 0. The summed E-state index contributed by atoms with van der Waals surface area (Å²) in [6.45, 7) is 1.93. The second-order valence-electron chi connectivity index (χ2n) is 4.51. The zero-order chi connectivity index (χ0) is 13.7. The third-order valence-corrected chi connectivity index (χ3v) is 2.86. The van der Waals surface area contributed by atoms with Crippen molar-refractivity contribution < 1.29 is 9.53 Å². The fourth-order valence-corrected chi connectivity index (χ4v) is 1.97. The average molecular weight is 255 g/mol. The molecule has 2 rings (SSSR count). The number of methoxy groups -OCH3 is 1. The van der Waals surface area contributed by atoms with Gasteiger partial charge in [0.1, 0.15) is 11.5 Å². The largest absolute Gasteiger partial charge is 0.497 e. The zero-order valence-electron chi connectivity index (χ0n) is 11.2. The molecule has 0 aliphatic rings. The summed E-state index contributed by atoms with van der Waals surface area (Å²) in [7, 11) is 1.62. The number of benzene rings is 1. The van der Waals surface area contributed by atoms with Gasteiger partial charge in [0.15, 0.2) is 0 Å². The molecule has 0 N–H and O–H groups in total. The Morgan fingerprint density at radius 2 is 1.95 bits per heavy atom. The quantitative estimate of drug-likeness (QED) is 0.824. The molecule has 0 atom stereocenters. The van der Waals surface area contributed by atoms with Crippen molar-refractivity contribution in [1.29, 1.82) is 0 Å². The molecule has 0 aliphatic heterocycles. The number of ketones is 1. The van der Waals surface area contributed by atoms with Crippen molar-refractivity contribution in [1.82, 2.24) is 4.98 Å². The lowest BCUT2D eigenvalue weighted by Gasteiger charge is -2.04. The molecule has 0 radical (unpaired) electrons. The van der Waals surface area contributed by atoms with Crippen LogP contribution < -0.4 is 4.74 Å². The molecule has 2 aromatic rings. The Bertz CT molecular complexity index is 578. The van der Waals surface area contributed by atoms with Crippen molar-refractivity contribution in [2.45, 2.75) is 19.8 Å². The first-order valence-corrected chi connectivity index (χ1v) is 6.24. The molecule has 0 saturated carbocycles. The van der Waals surface area contributed by atoms with Crippen molar-refractivity contribution in [2.75, 3.05) is 7.11 Å². The Morgan fingerprint density at radius 3 is 2.68 bits per heavy atom. The lowest BCUT2D eigenvalue weighted by atomic mass is 10.1. The van der Waals surface area contributed by atoms with Crippen LogP contribution in [0.1, 0.15) is 17.0 Å². The van der Waals surface area contributed by atoms with E-state index in [1.54, 1.807) is 7.11 Å². The van der Waals surface area contributed by atoms with E-state index in [0.717, 1.165) is 22.7 Å². The van der Waals surface area contributed by atoms with Gasteiger partial charge in [-0.3, -0.25) is 9.78 Å². The van der Waals surface area contributed by atoms with E-state index in [-0.39, 0.29) is 5.78 Å². The van der Waals surface area contributed by atoms with Crippen LogP contribution in [0.15, 0.2) is 42.5 Å². The highest BCUT2D eigenvalue weighted by Gasteiger charge is 2.07. The fourth-order valence-electron chi connectivity index (χ4n) is 1.97. The van der Waals surface area contributed by atoms with E-state index in [0.29, 0.717) is 12.8 Å². The van der Waals surface area contributed by atoms with Crippen LogP contribution in [0.25, 0.3) is 0 Å². The highest BCUT2D eigenvalue weighted by Crippen LogP contribution is 2.13. The number of ether oxygens (including phenoxy) is 1. The number of rotatable bonds is 5. The summed E-state index contributed by atoms with van der Waals surface area (Å²) < 4.78 is 5.15. The second-order valence-corrected chi connectivity index (χ2v) is 4.51. The molecule has 0 bridgehead atoms. The number of aromatic nitrogens is 1. The summed E-state index contributed by atoms with van der Waals surface area (Å²) in [5.74, 6) is 0.935. The highest BCUT2D eigenvalue weighted by molar-refractivity contribution is 5.82. The molecule has 3 nitrogen and oxygen atoms in total. The average Bonchev–Trinajstić information content (AvgIpc) is 2.38. The van der Waals surface area contributed by atoms with Crippen molar-refractivity contribution in [2.24, 2.45) is 0 Å². The maximum atomic E-state index is 12.0. The van der Waals surface area contributed by atoms with E-state index in [4.69, 9.17) is 4.74 Å². The van der Waals surface area contributed by atoms with Crippen molar-refractivity contribution in [3.63, 3.8) is 0 Å². The molecular weight excluding hydrogens is 238 g/mol. The maximum Gasteiger partial charge on any atom is 0.143 e. The van der Waals surface area contributed by atoms with Gasteiger partial charge < -0.3 is 4.74 Å². The zero-order valence-corrected chi connectivity index (χ0v) is 11.2. The Morgan fingerprint density at radius 1 is 1.16 bits per heavy atom. The Labute approximate surface area is 113 Å². The number of carbonyl (C=O) groups excluding carboxylic acids is 1. The summed E-state index contributed by atoms with van der Waals surface area (Å²) >= 11 is 0. The highest BCUT2D eigenvalue weighted by atomic mass is 16.5. The molecule has 0 amide bonds. The van der Waals surface area contributed by atoms with Gasteiger partial charge in [-0.2, -0.15) is 0 Å². The van der Waals surface area contributed by atoms with Crippen LogP contribution >= 0.6 is 0 Å². The third kappa shape index (κ3) is 3.91. The van der Waals surface area contributed by atoms with E-state index in [9.17, 15) is 4.79 Å². The lowest BCUT2D eigenvalue weighted by molar-refractivity contribution is -0.117. The van der Waals surface area contributed by atoms with Gasteiger partial charge in [-0.05, 0) is 36.8 Å². The van der Waals surface area contributed by atoms with Gasteiger partial charge in [0.05, 0.1) is 7.11 Å². The number of aryl methyl sites for hydroxylation is 1. The predicted octanol–water partition coefficient (Wildman–Crippen LogP) is 2.75. The molecule has 3 heteroatoms. The number of Topliss-reactive ketones (excluding diaryl/α,β-unsaturated/α-hetero) is 1. The van der Waals surface area contributed by atoms with Crippen LogP contribution in [0.3, 0.4) is 0 Å². The van der Waals surface area contributed by atoms with Gasteiger partial charge in [0, 0.05) is 24.2 Å². The van der Waals surface area contributed by atoms with Crippen LogP contribution in [0.4, 0.5) is 0 Å². The van der Waals surface area contributed by atoms with Crippen molar-refractivity contribution >= 4 is 5.78 Å². The van der Waals surface area contributed by atoms with Gasteiger partial charge >= 0.3 is 0 Å². The summed E-state index contributed by atoms with van der Waals surface area (Å²) in [5.41, 5.74) is 2.73. The monoisotopic (exact) mass is 255 g/mol. The third-order valence-electron chi connectivity index (χ3n) is 2.86. The van der Waals surface area contributed by atoms with Gasteiger partial charge in [0.25, 0.3) is 0 Å². The molecular formula is C16H17NO2. The first kappa shape index (κ1) is 13.3. The Hall–Kier alpha value is -2.16. The molecule has 19 heavy (non-hydrogen) atoms. The molecule has 0 unspecified atom stereocenters. The first-order chi connectivity index (χ1) is 9.17. The molecule has 1 aromatic heterocycles. The maximum absolute atomic E-state index is 12.0. The van der Waals surface area contributed by atoms with Gasteiger partial charge in [-0.25, -0.2) is 0 Å². The molecule has 0 aliphatic carbocycles. The van der Waals surface area contributed by atoms with Gasteiger partial charge in [-0.1, -0.05) is 18.2 Å². The van der Waals surface area contributed by atoms with Crippen LogP contribution in [-0.2, 0) is 17.6 Å². The van der Waals surface area contributed by atoms with E-state index in [1.165, 1.54) is 0 Å². The first-order valence-electron chi connectivity index (χ1n) is 6.24. The lowest BCUT2D eigenvalue weighted by Crippen LogP contribution is -2.08. The number of hydrogen-bond acceptors (Lipinski definition) is 3. The van der Waals surface area contributed by atoms with E-state index < -0.39 is 0 Å². The summed E-state index contributed by atoms with van der Waals surface area (Å²) in [6.07, 6.45) is 0.783. The molecule has 0 spiro atoms. The van der Waals surface area contributed by atoms with Crippen LogP contribution in [0, 0.1) is 6.92 Å². The standard InChI is InChI=1S/C16H17NO2/c1-12-5-3-7-14(17-12)11-15(18)9-13-6-4-8-16(10-13)19-2/h3-8,10H,9,11H2,1-2H3. The molecule has 98 valence electrons. The van der Waals surface area contributed by atoms with E-state index >= 15 is 0 Å². The van der Waals surface area contributed by atoms with E-state index in [1.807, 2.05) is 49.4 Å². The number of nitrogens with zero attached hydrogens (tertiary/aromatic N) is 1. The number of pyridine rings is 1. The van der Waals surface area contributed by atoms with Crippen LogP contribution in [-0.4, -0.2) is 17.9 Å². The Balaban J connectivity index is 2.01. The molecule has 0 fully saturated rings. The minimum absolute atomic E-state index is 0.159. The Kier molecular flexibility index (Phi) is 4.29. The SMILES string of the molecule is COc1cccc(CC(=O)Cc2cccc(C)n2)c1. The summed E-state index contributed by atoms with van der Waals surface area (Å²) in [4.78, 5) is 16.4. The summed E-state index contributed by atoms with van der Waals surface area (Å²) in [6, 6.07) is 13.3. The minimum atomic E-state index is 0.159. The van der Waals surface area contributed by atoms with Crippen LogP contribution in [0.2, 0.25) is 0 Å². The predicted molar refractivity (Wildman–Crippen MR) is 74.4 cm³/mol. The fraction of sp³-hybridized carbons (Fsp3) is 0.250. The number of carbonyl (C=O) groups is 1. The van der Waals surface area contributed by atoms with Gasteiger partial charge in [-0.15, -0.1) is 0 Å². The van der Waals surface area contributed by atoms with Gasteiger partial charge in [0.2, 0.25) is 0 Å². The normalized spacial score (nSPS) is 10.2. The minimum Gasteiger partial charge on any atom is -0.497 e. The van der Waals surface area contributed by atoms with E-state index in [2.05, 4.69) is 4.98 Å². The van der Waals surface area contributed by atoms with Crippen LogP contribution in [0.5, 0.6) is 5.75 Å². The second kappa shape index (κ2) is 6.14. The topological polar surface area (TPSA) is 39.2 Å². The molecule has 1 heterocycles. The summed E-state index contributed by atoms with van der Waals surface area (Å²) in [5, 5.41) is 0. The smallest absolute Gasteiger partial charge is 0.143 e. The molecule has 1 aromatic carbocycles. The van der Waals surface area contributed by atoms with Crippen molar-refractivity contribution in [3.8, 4) is 5.75 Å². The van der Waals surface area contributed by atoms with Crippen molar-refractivity contribution in [3.05, 3.63) is 59.4 Å².